The van der Waals surface area contributed by atoms with Crippen molar-refractivity contribution in [3.63, 3.8) is 0 Å². The van der Waals surface area contributed by atoms with E-state index >= 15 is 0 Å². The third kappa shape index (κ3) is 2.40. The van der Waals surface area contributed by atoms with Gasteiger partial charge in [0, 0.05) is 12.1 Å². The number of hydrogen-bond acceptors (Lipinski definition) is 7. The first-order chi connectivity index (χ1) is 12.7. The summed E-state index contributed by atoms with van der Waals surface area (Å²) < 4.78 is 32.5. The molecule has 3 aromatic rings. The van der Waals surface area contributed by atoms with Crippen LogP contribution in [0.15, 0.2) is 39.7 Å². The number of fused-ring (bicyclic) bond motifs is 2. The molecule has 134 valence electrons. The average molecular weight is 356 g/mol. The van der Waals surface area contributed by atoms with Crippen LogP contribution in [0.1, 0.15) is 0 Å². The second-order valence-corrected chi connectivity index (χ2v) is 5.60. The van der Waals surface area contributed by atoms with Gasteiger partial charge in [-0.15, -0.1) is 0 Å². The fourth-order valence-electron chi connectivity index (χ4n) is 2.97. The van der Waals surface area contributed by atoms with E-state index in [-0.39, 0.29) is 17.6 Å². The molecule has 4 rings (SSSR count). The van der Waals surface area contributed by atoms with Crippen LogP contribution >= 0.6 is 0 Å². The monoisotopic (exact) mass is 356 g/mol. The zero-order chi connectivity index (χ0) is 18.3. The Balaban J connectivity index is 2.00. The van der Waals surface area contributed by atoms with Gasteiger partial charge in [0.05, 0.1) is 26.9 Å². The van der Waals surface area contributed by atoms with Crippen molar-refractivity contribution in [1.29, 1.82) is 0 Å². The Hall–Kier alpha value is -3.35. The van der Waals surface area contributed by atoms with Crippen LogP contribution in [-0.2, 0) is 0 Å². The largest absolute Gasteiger partial charge is 0.497 e. The molecule has 0 atom stereocenters. The van der Waals surface area contributed by atoms with Crippen LogP contribution in [0.4, 0.5) is 0 Å². The Labute approximate surface area is 148 Å². The Morgan fingerprint density at radius 3 is 2.31 bits per heavy atom. The van der Waals surface area contributed by atoms with E-state index in [9.17, 15) is 4.79 Å². The van der Waals surface area contributed by atoms with Gasteiger partial charge < -0.3 is 28.1 Å². The molecule has 26 heavy (non-hydrogen) atoms. The van der Waals surface area contributed by atoms with Crippen molar-refractivity contribution in [2.45, 2.75) is 0 Å². The van der Waals surface area contributed by atoms with Gasteiger partial charge in [0.2, 0.25) is 18.0 Å². The van der Waals surface area contributed by atoms with E-state index in [0.717, 1.165) is 0 Å². The minimum atomic E-state index is -0.253. The van der Waals surface area contributed by atoms with Gasteiger partial charge in [0.1, 0.15) is 28.7 Å². The summed E-state index contributed by atoms with van der Waals surface area (Å²) >= 11 is 0. The fourth-order valence-corrected chi connectivity index (χ4v) is 2.97. The first kappa shape index (κ1) is 16.1. The highest BCUT2D eigenvalue weighted by atomic mass is 16.7. The maximum atomic E-state index is 13.2. The zero-order valence-corrected chi connectivity index (χ0v) is 14.5. The number of rotatable bonds is 4. The van der Waals surface area contributed by atoms with E-state index in [1.807, 2.05) is 0 Å². The van der Waals surface area contributed by atoms with Gasteiger partial charge in [0.15, 0.2) is 11.5 Å². The van der Waals surface area contributed by atoms with Gasteiger partial charge in [0.25, 0.3) is 0 Å². The van der Waals surface area contributed by atoms with Crippen molar-refractivity contribution in [2.24, 2.45) is 0 Å². The zero-order valence-electron chi connectivity index (χ0n) is 14.5. The average Bonchev–Trinajstić information content (AvgIpc) is 3.14. The van der Waals surface area contributed by atoms with Crippen molar-refractivity contribution >= 4 is 11.0 Å². The van der Waals surface area contributed by atoms with E-state index in [1.54, 1.807) is 38.5 Å². The minimum absolute atomic E-state index is 0.0656. The van der Waals surface area contributed by atoms with Crippen molar-refractivity contribution in [3.05, 3.63) is 40.8 Å². The van der Waals surface area contributed by atoms with Crippen LogP contribution in [0.5, 0.6) is 28.7 Å². The van der Waals surface area contributed by atoms with E-state index < -0.39 is 0 Å². The summed E-state index contributed by atoms with van der Waals surface area (Å²) in [6.07, 6.45) is 1.40. The van der Waals surface area contributed by atoms with Crippen LogP contribution < -0.4 is 29.1 Å². The Morgan fingerprint density at radius 2 is 1.65 bits per heavy atom. The van der Waals surface area contributed by atoms with E-state index in [1.165, 1.54) is 13.4 Å². The maximum Gasteiger partial charge on any atom is 0.231 e. The van der Waals surface area contributed by atoms with Gasteiger partial charge in [-0.2, -0.15) is 0 Å². The summed E-state index contributed by atoms with van der Waals surface area (Å²) in [7, 11) is 4.56. The number of benzene rings is 2. The molecule has 0 amide bonds. The molecule has 7 heteroatoms. The van der Waals surface area contributed by atoms with E-state index in [0.29, 0.717) is 45.5 Å². The second kappa shape index (κ2) is 6.18. The third-order valence-corrected chi connectivity index (χ3v) is 4.23. The van der Waals surface area contributed by atoms with E-state index in [4.69, 9.17) is 28.1 Å². The minimum Gasteiger partial charge on any atom is -0.497 e. The summed E-state index contributed by atoms with van der Waals surface area (Å²) in [5.74, 6) is 2.30. The molecule has 0 saturated heterocycles. The molecule has 0 spiro atoms. The summed E-state index contributed by atoms with van der Waals surface area (Å²) in [6, 6.07) is 6.82. The van der Waals surface area contributed by atoms with Gasteiger partial charge in [-0.25, -0.2) is 0 Å². The summed E-state index contributed by atoms with van der Waals surface area (Å²) in [6.45, 7) is 0.0656. The van der Waals surface area contributed by atoms with Crippen molar-refractivity contribution in [2.75, 3.05) is 28.1 Å². The van der Waals surface area contributed by atoms with Crippen LogP contribution in [0.25, 0.3) is 22.1 Å². The summed E-state index contributed by atoms with van der Waals surface area (Å²) in [5, 5.41) is 0.288. The summed E-state index contributed by atoms with van der Waals surface area (Å²) in [4.78, 5) is 13.2. The maximum absolute atomic E-state index is 13.2. The molecule has 0 N–H and O–H groups in total. The highest BCUT2D eigenvalue weighted by Crippen LogP contribution is 2.45. The molecule has 1 aliphatic rings. The van der Waals surface area contributed by atoms with E-state index in [2.05, 4.69) is 0 Å². The lowest BCUT2D eigenvalue weighted by Gasteiger charge is -2.11. The number of hydrogen-bond donors (Lipinski definition) is 0. The quantitative estimate of drug-likeness (QED) is 0.710. The molecule has 0 unspecified atom stereocenters. The third-order valence-electron chi connectivity index (χ3n) is 4.23. The van der Waals surface area contributed by atoms with Crippen molar-refractivity contribution in [3.8, 4) is 39.9 Å². The fraction of sp³-hybridized carbons (Fsp3) is 0.211. The lowest BCUT2D eigenvalue weighted by Crippen LogP contribution is -2.07. The van der Waals surface area contributed by atoms with Gasteiger partial charge in [-0.05, 0) is 17.7 Å². The van der Waals surface area contributed by atoms with Crippen LogP contribution in [-0.4, -0.2) is 28.1 Å². The number of ether oxygens (including phenoxy) is 5. The van der Waals surface area contributed by atoms with Crippen molar-refractivity contribution in [1.82, 2.24) is 0 Å². The molecule has 0 fully saturated rings. The Bertz CT molecular complexity index is 1030. The lowest BCUT2D eigenvalue weighted by molar-refractivity contribution is 0.171. The van der Waals surface area contributed by atoms with Crippen LogP contribution in [0.3, 0.4) is 0 Å². The number of methoxy groups -OCH3 is 3. The first-order valence-electron chi connectivity index (χ1n) is 7.81. The van der Waals surface area contributed by atoms with Crippen LogP contribution in [0.2, 0.25) is 0 Å². The SMILES string of the molecule is COc1cc(OC)cc(-c2coc3cc4c(c(OC)c3c2=O)OCO4)c1. The topological polar surface area (TPSA) is 76.4 Å². The molecule has 0 aliphatic carbocycles. The highest BCUT2D eigenvalue weighted by molar-refractivity contribution is 5.92. The Kier molecular flexibility index (Phi) is 3.84. The normalized spacial score (nSPS) is 12.3. The predicted molar refractivity (Wildman–Crippen MR) is 93.7 cm³/mol. The van der Waals surface area contributed by atoms with Crippen LogP contribution in [0, 0.1) is 0 Å². The molecular weight excluding hydrogens is 340 g/mol. The highest BCUT2D eigenvalue weighted by Gasteiger charge is 2.26. The first-order valence-corrected chi connectivity index (χ1v) is 7.81. The molecule has 0 saturated carbocycles. The summed E-state index contributed by atoms with van der Waals surface area (Å²) in [5.41, 5.74) is 1.06. The predicted octanol–water partition coefficient (Wildman–Crippen LogP) is 3.21. The van der Waals surface area contributed by atoms with Gasteiger partial charge in [-0.3, -0.25) is 4.79 Å². The molecule has 1 aliphatic heterocycles. The Morgan fingerprint density at radius 1 is 0.923 bits per heavy atom. The molecule has 0 radical (unpaired) electrons. The van der Waals surface area contributed by atoms with Gasteiger partial charge >= 0.3 is 0 Å². The smallest absolute Gasteiger partial charge is 0.231 e. The molecule has 0 bridgehead atoms. The van der Waals surface area contributed by atoms with Gasteiger partial charge in [-0.1, -0.05) is 0 Å². The molecule has 2 heterocycles. The lowest BCUT2D eigenvalue weighted by atomic mass is 10.0. The molecule has 1 aromatic heterocycles. The molecular formula is C19H16O7. The molecule has 7 nitrogen and oxygen atoms in total. The second-order valence-electron chi connectivity index (χ2n) is 5.60. The van der Waals surface area contributed by atoms with Crippen molar-refractivity contribution < 1.29 is 28.1 Å². The molecule has 2 aromatic carbocycles. The standard InChI is InChI=1S/C19H16O7/c1-21-11-4-10(5-12(6-11)22-2)13-8-24-14-7-15-18(26-9-25-15)19(23-3)16(14)17(13)20/h4-8H,9H2,1-3H3.